The van der Waals surface area contributed by atoms with Gasteiger partial charge >= 0.3 is 0 Å². The Morgan fingerprint density at radius 2 is 1.95 bits per heavy atom. The topological polar surface area (TPSA) is 63.1 Å². The molecule has 22 heavy (non-hydrogen) atoms. The second kappa shape index (κ2) is 5.23. The van der Waals surface area contributed by atoms with Gasteiger partial charge < -0.3 is 9.72 Å². The van der Waals surface area contributed by atoms with Crippen molar-refractivity contribution in [3.63, 3.8) is 0 Å². The summed E-state index contributed by atoms with van der Waals surface area (Å²) in [6.07, 6.45) is 0. The summed E-state index contributed by atoms with van der Waals surface area (Å²) in [5, 5.41) is 7.37. The molecule has 0 bridgehead atoms. The Hall–Kier alpha value is -2.18. The normalized spacial score (nSPS) is 16.6. The van der Waals surface area contributed by atoms with E-state index in [0.29, 0.717) is 5.39 Å². The summed E-state index contributed by atoms with van der Waals surface area (Å²) in [7, 11) is 1.87. The monoisotopic (exact) mass is 298 g/mol. The van der Waals surface area contributed by atoms with Gasteiger partial charge in [0.2, 0.25) is 0 Å². The van der Waals surface area contributed by atoms with Crippen molar-refractivity contribution in [1.29, 1.82) is 0 Å². The predicted octanol–water partition coefficient (Wildman–Crippen LogP) is 1.25. The lowest BCUT2D eigenvalue weighted by Gasteiger charge is -2.25. The lowest BCUT2D eigenvalue weighted by molar-refractivity contribution is 0.0337. The molecule has 1 aromatic carbocycles. The number of morpholine rings is 1. The van der Waals surface area contributed by atoms with Gasteiger partial charge in [0, 0.05) is 42.8 Å². The fourth-order valence-electron chi connectivity index (χ4n) is 3.16. The molecule has 0 aliphatic carbocycles. The van der Waals surface area contributed by atoms with Gasteiger partial charge in [-0.2, -0.15) is 5.10 Å². The first-order chi connectivity index (χ1) is 10.7. The zero-order valence-corrected chi connectivity index (χ0v) is 12.5. The van der Waals surface area contributed by atoms with Crippen LogP contribution in [0.3, 0.4) is 0 Å². The van der Waals surface area contributed by atoms with Crippen molar-refractivity contribution in [3.8, 4) is 0 Å². The van der Waals surface area contributed by atoms with E-state index in [4.69, 9.17) is 4.74 Å². The highest BCUT2D eigenvalue weighted by atomic mass is 16.5. The first-order valence-corrected chi connectivity index (χ1v) is 7.51. The zero-order valence-electron chi connectivity index (χ0n) is 12.5. The Morgan fingerprint density at radius 1 is 1.23 bits per heavy atom. The summed E-state index contributed by atoms with van der Waals surface area (Å²) < 4.78 is 7.16. The highest BCUT2D eigenvalue weighted by molar-refractivity contribution is 6.05. The third kappa shape index (κ3) is 2.12. The SMILES string of the molecule is Cn1nc(CN2CCOCC2)c2c3ccccc3c(=O)[nH]c21. The molecule has 114 valence electrons. The Kier molecular flexibility index (Phi) is 3.20. The highest BCUT2D eigenvalue weighted by Gasteiger charge is 2.18. The van der Waals surface area contributed by atoms with Crippen LogP contribution in [0, 0.1) is 0 Å². The molecule has 6 heteroatoms. The van der Waals surface area contributed by atoms with Crippen molar-refractivity contribution in [1.82, 2.24) is 19.7 Å². The predicted molar refractivity (Wildman–Crippen MR) is 84.9 cm³/mol. The van der Waals surface area contributed by atoms with Gasteiger partial charge in [-0.1, -0.05) is 18.2 Å². The Labute approximate surface area is 127 Å². The number of rotatable bonds is 2. The van der Waals surface area contributed by atoms with Gasteiger partial charge in [0.25, 0.3) is 5.56 Å². The minimum absolute atomic E-state index is 0.0657. The van der Waals surface area contributed by atoms with Crippen LogP contribution in [0.15, 0.2) is 29.1 Å². The molecule has 0 atom stereocenters. The molecule has 1 N–H and O–H groups in total. The number of nitrogens with one attached hydrogen (secondary N) is 1. The van der Waals surface area contributed by atoms with Crippen LogP contribution in [0.4, 0.5) is 0 Å². The fourth-order valence-corrected chi connectivity index (χ4v) is 3.16. The number of hydrogen-bond donors (Lipinski definition) is 1. The molecule has 3 heterocycles. The molecule has 1 saturated heterocycles. The van der Waals surface area contributed by atoms with E-state index in [9.17, 15) is 4.79 Å². The lowest BCUT2D eigenvalue weighted by Crippen LogP contribution is -2.35. The molecule has 1 fully saturated rings. The quantitative estimate of drug-likeness (QED) is 0.773. The zero-order chi connectivity index (χ0) is 15.1. The van der Waals surface area contributed by atoms with E-state index < -0.39 is 0 Å². The number of ether oxygens (including phenoxy) is 1. The standard InChI is InChI=1S/C16H18N4O2/c1-19-15-14(11-4-2-3-5-12(11)16(21)17-15)13(18-19)10-20-6-8-22-9-7-20/h2-5H,6-10H2,1H3,(H,17,21). The minimum atomic E-state index is -0.0657. The first kappa shape index (κ1) is 13.5. The molecular weight excluding hydrogens is 280 g/mol. The number of benzene rings is 1. The van der Waals surface area contributed by atoms with Gasteiger partial charge in [-0.25, -0.2) is 0 Å². The number of aryl methyl sites for hydroxylation is 1. The number of H-pyrrole nitrogens is 1. The Balaban J connectivity index is 1.91. The van der Waals surface area contributed by atoms with Crippen LogP contribution in [-0.2, 0) is 18.3 Å². The molecular formula is C16H18N4O2. The summed E-state index contributed by atoms with van der Waals surface area (Å²) in [6, 6.07) is 7.71. The van der Waals surface area contributed by atoms with Gasteiger partial charge in [-0.3, -0.25) is 14.4 Å². The maximum absolute atomic E-state index is 12.2. The van der Waals surface area contributed by atoms with Crippen LogP contribution in [-0.4, -0.2) is 46.0 Å². The van der Waals surface area contributed by atoms with E-state index in [0.717, 1.165) is 55.0 Å². The second-order valence-corrected chi connectivity index (χ2v) is 5.68. The molecule has 0 unspecified atom stereocenters. The Bertz CT molecular complexity index is 890. The maximum atomic E-state index is 12.2. The van der Waals surface area contributed by atoms with Crippen molar-refractivity contribution in [2.24, 2.45) is 7.05 Å². The highest BCUT2D eigenvalue weighted by Crippen LogP contribution is 2.25. The van der Waals surface area contributed by atoms with Crippen LogP contribution in [0.5, 0.6) is 0 Å². The van der Waals surface area contributed by atoms with E-state index in [1.54, 1.807) is 4.68 Å². The van der Waals surface area contributed by atoms with Crippen molar-refractivity contribution < 1.29 is 4.74 Å². The largest absolute Gasteiger partial charge is 0.379 e. The van der Waals surface area contributed by atoms with Crippen LogP contribution < -0.4 is 5.56 Å². The van der Waals surface area contributed by atoms with Gasteiger partial charge in [0.05, 0.1) is 18.9 Å². The number of aromatic nitrogens is 3. The van der Waals surface area contributed by atoms with Crippen LogP contribution in [0.25, 0.3) is 21.8 Å². The van der Waals surface area contributed by atoms with Crippen molar-refractivity contribution >= 4 is 21.8 Å². The molecule has 4 rings (SSSR count). The summed E-state index contributed by atoms with van der Waals surface area (Å²) >= 11 is 0. The molecule has 6 nitrogen and oxygen atoms in total. The molecule has 0 saturated carbocycles. The van der Waals surface area contributed by atoms with Gasteiger partial charge in [0.1, 0.15) is 5.65 Å². The number of nitrogens with zero attached hydrogens (tertiary/aromatic N) is 3. The first-order valence-electron chi connectivity index (χ1n) is 7.51. The van der Waals surface area contributed by atoms with Crippen molar-refractivity contribution in [2.75, 3.05) is 26.3 Å². The number of hydrogen-bond acceptors (Lipinski definition) is 4. The molecule has 3 aromatic rings. The second-order valence-electron chi connectivity index (χ2n) is 5.68. The molecule has 1 aliphatic heterocycles. The van der Waals surface area contributed by atoms with Crippen molar-refractivity contribution in [2.45, 2.75) is 6.54 Å². The van der Waals surface area contributed by atoms with E-state index >= 15 is 0 Å². The molecule has 1 aliphatic rings. The van der Waals surface area contributed by atoms with E-state index in [2.05, 4.69) is 15.0 Å². The average Bonchev–Trinajstić information content (AvgIpc) is 2.85. The summed E-state index contributed by atoms with van der Waals surface area (Å²) in [5.41, 5.74) is 1.72. The lowest BCUT2D eigenvalue weighted by atomic mass is 10.1. The Morgan fingerprint density at radius 3 is 2.73 bits per heavy atom. The van der Waals surface area contributed by atoms with E-state index in [-0.39, 0.29) is 5.56 Å². The smallest absolute Gasteiger partial charge is 0.257 e. The number of pyridine rings is 1. The van der Waals surface area contributed by atoms with Gasteiger partial charge in [0.15, 0.2) is 0 Å². The molecule has 2 aromatic heterocycles. The van der Waals surface area contributed by atoms with E-state index in [1.165, 1.54) is 0 Å². The fraction of sp³-hybridized carbons (Fsp3) is 0.375. The summed E-state index contributed by atoms with van der Waals surface area (Å²) in [5.74, 6) is 0. The maximum Gasteiger partial charge on any atom is 0.257 e. The molecule has 0 spiro atoms. The number of aromatic amines is 1. The van der Waals surface area contributed by atoms with Crippen LogP contribution in [0.1, 0.15) is 5.69 Å². The van der Waals surface area contributed by atoms with E-state index in [1.807, 2.05) is 31.3 Å². The molecule has 0 radical (unpaired) electrons. The average molecular weight is 298 g/mol. The summed E-state index contributed by atoms with van der Waals surface area (Å²) in [4.78, 5) is 17.5. The third-order valence-electron chi connectivity index (χ3n) is 4.27. The molecule has 0 amide bonds. The van der Waals surface area contributed by atoms with Gasteiger partial charge in [-0.05, 0) is 6.07 Å². The van der Waals surface area contributed by atoms with Crippen LogP contribution >= 0.6 is 0 Å². The minimum Gasteiger partial charge on any atom is -0.379 e. The van der Waals surface area contributed by atoms with Crippen LogP contribution in [0.2, 0.25) is 0 Å². The summed E-state index contributed by atoms with van der Waals surface area (Å²) in [6.45, 7) is 4.14. The van der Waals surface area contributed by atoms with Crippen molar-refractivity contribution in [3.05, 3.63) is 40.3 Å². The number of fused-ring (bicyclic) bond motifs is 3. The van der Waals surface area contributed by atoms with Gasteiger partial charge in [-0.15, -0.1) is 0 Å². The third-order valence-corrected chi connectivity index (χ3v) is 4.27.